The quantitative estimate of drug-likeness (QED) is 0.223. The van der Waals surface area contributed by atoms with Crippen LogP contribution >= 0.6 is 0 Å². The zero-order valence-corrected chi connectivity index (χ0v) is 25.5. The normalized spacial score (nSPS) is 16.5. The summed E-state index contributed by atoms with van der Waals surface area (Å²) >= 11 is 0. The second kappa shape index (κ2) is 13.4. The third kappa shape index (κ3) is 6.71. The van der Waals surface area contributed by atoms with E-state index in [1.165, 1.54) is 34.0 Å². The zero-order chi connectivity index (χ0) is 29.6. The van der Waals surface area contributed by atoms with E-state index in [9.17, 15) is 0 Å². The summed E-state index contributed by atoms with van der Waals surface area (Å²) < 4.78 is 6.29. The number of hydrogen-bond acceptors (Lipinski definition) is 8. The first-order chi connectivity index (χ1) is 21.1. The Morgan fingerprint density at radius 2 is 1.84 bits per heavy atom. The molecule has 3 aromatic carbocycles. The van der Waals surface area contributed by atoms with Gasteiger partial charge >= 0.3 is 6.01 Å². The van der Waals surface area contributed by atoms with Gasteiger partial charge in [0.2, 0.25) is 0 Å². The number of fused-ring (bicyclic) bond motifs is 2. The number of nitrogens with zero attached hydrogens (tertiary/aromatic N) is 7. The molecule has 222 valence electrons. The summed E-state index contributed by atoms with van der Waals surface area (Å²) in [7, 11) is 4.25. The third-order valence-corrected chi connectivity index (χ3v) is 8.69. The molecule has 2 aliphatic heterocycles. The van der Waals surface area contributed by atoms with Crippen LogP contribution in [0.2, 0.25) is 0 Å². The van der Waals surface area contributed by atoms with E-state index in [1.807, 2.05) is 18.2 Å². The number of aliphatic imine (C=N–C) groups is 2. The first-order valence-corrected chi connectivity index (χ1v) is 15.4. The first kappa shape index (κ1) is 28.8. The molecule has 2 aliphatic rings. The Bertz CT molecular complexity index is 1610. The minimum absolute atomic E-state index is 0.403. The average molecular weight is 576 g/mol. The summed E-state index contributed by atoms with van der Waals surface area (Å²) in [6, 6.07) is 27.0. The van der Waals surface area contributed by atoms with Crippen LogP contribution in [0, 0.1) is 6.92 Å². The van der Waals surface area contributed by atoms with Gasteiger partial charge in [-0.3, -0.25) is 0 Å². The van der Waals surface area contributed by atoms with Crippen molar-refractivity contribution in [3.05, 3.63) is 89.1 Å². The maximum atomic E-state index is 6.29. The standard InChI is InChI=1S/C35H41N7O/c1-26-10-7-13-28-14-8-16-32(33(26)28)42-20-17-30-31(23-42)38-35(43-24-29-15-9-19-40(29)2)39-34(30)41(3)21-18-36-25-37-22-27-11-5-4-6-12-27/h4-8,10-14,16,29H,9,15,17-24H2,1-3H3. The summed E-state index contributed by atoms with van der Waals surface area (Å²) in [6.45, 7) is 7.40. The maximum absolute atomic E-state index is 6.29. The molecule has 4 aromatic rings. The molecule has 6 rings (SSSR count). The molecule has 0 bridgehead atoms. The lowest BCUT2D eigenvalue weighted by Gasteiger charge is -2.33. The molecule has 1 atom stereocenters. The fourth-order valence-electron chi connectivity index (χ4n) is 6.22. The lowest BCUT2D eigenvalue weighted by molar-refractivity contribution is 0.187. The minimum atomic E-state index is 0.403. The highest BCUT2D eigenvalue weighted by atomic mass is 16.5. The number of likely N-dealkylation sites (tertiary alicyclic amines) is 1. The van der Waals surface area contributed by atoms with Crippen molar-refractivity contribution in [1.82, 2.24) is 14.9 Å². The van der Waals surface area contributed by atoms with Gasteiger partial charge in [0.25, 0.3) is 0 Å². The van der Waals surface area contributed by atoms with Crippen LogP contribution in [-0.4, -0.2) is 73.8 Å². The second-order valence-electron chi connectivity index (χ2n) is 11.7. The van der Waals surface area contributed by atoms with Crippen LogP contribution in [0.1, 0.15) is 35.2 Å². The molecule has 0 aliphatic carbocycles. The van der Waals surface area contributed by atoms with Gasteiger partial charge in [-0.25, -0.2) is 9.98 Å². The van der Waals surface area contributed by atoms with Crippen LogP contribution in [0.25, 0.3) is 10.8 Å². The lowest BCUT2D eigenvalue weighted by Crippen LogP contribution is -2.35. The lowest BCUT2D eigenvalue weighted by atomic mass is 10.00. The number of hydrogen-bond donors (Lipinski definition) is 0. The van der Waals surface area contributed by atoms with Gasteiger partial charge in [0, 0.05) is 42.8 Å². The van der Waals surface area contributed by atoms with E-state index in [1.54, 1.807) is 0 Å². The molecule has 1 aromatic heterocycles. The molecule has 8 nitrogen and oxygen atoms in total. The van der Waals surface area contributed by atoms with Crippen molar-refractivity contribution in [2.24, 2.45) is 9.98 Å². The molecular weight excluding hydrogens is 534 g/mol. The second-order valence-corrected chi connectivity index (χ2v) is 11.7. The topological polar surface area (TPSA) is 69.5 Å². The van der Waals surface area contributed by atoms with Gasteiger partial charge in [-0.2, -0.15) is 9.97 Å². The summed E-state index contributed by atoms with van der Waals surface area (Å²) in [4.78, 5) is 25.7. The molecule has 1 fully saturated rings. The van der Waals surface area contributed by atoms with E-state index >= 15 is 0 Å². The largest absolute Gasteiger partial charge is 0.462 e. The number of likely N-dealkylation sites (N-methyl/N-ethyl adjacent to an activating group) is 2. The number of rotatable bonds is 10. The highest BCUT2D eigenvalue weighted by Gasteiger charge is 2.27. The fraction of sp³-hybridized carbons (Fsp3) is 0.400. The van der Waals surface area contributed by atoms with Gasteiger partial charge in [-0.1, -0.05) is 60.7 Å². The molecule has 3 heterocycles. The van der Waals surface area contributed by atoms with Crippen LogP contribution in [0.3, 0.4) is 0 Å². The Labute approximate surface area is 254 Å². The van der Waals surface area contributed by atoms with Crippen molar-refractivity contribution in [1.29, 1.82) is 0 Å². The van der Waals surface area contributed by atoms with Crippen molar-refractivity contribution in [3.63, 3.8) is 0 Å². The van der Waals surface area contributed by atoms with Crippen LogP contribution < -0.4 is 14.5 Å². The highest BCUT2D eigenvalue weighted by molar-refractivity contribution is 5.97. The number of aromatic nitrogens is 2. The van der Waals surface area contributed by atoms with Gasteiger partial charge in [-0.15, -0.1) is 0 Å². The Balaban J connectivity index is 1.22. The van der Waals surface area contributed by atoms with Crippen molar-refractivity contribution in [2.75, 3.05) is 56.7 Å². The Morgan fingerprint density at radius 3 is 2.65 bits per heavy atom. The molecule has 0 saturated carbocycles. The predicted octanol–water partition coefficient (Wildman–Crippen LogP) is 5.78. The number of benzene rings is 3. The molecular formula is C35H41N7O. The molecule has 0 spiro atoms. The SMILES string of the molecule is Cc1cccc2cccc(N3CCc4c(nc(OCC5CCCN5C)nc4N(C)CCN=C=NCc4ccccc4)C3)c12. The zero-order valence-electron chi connectivity index (χ0n) is 25.5. The van der Waals surface area contributed by atoms with Gasteiger partial charge in [0.1, 0.15) is 12.4 Å². The van der Waals surface area contributed by atoms with Crippen LogP contribution in [-0.2, 0) is 19.5 Å². The fourth-order valence-corrected chi connectivity index (χ4v) is 6.22. The number of ether oxygens (including phenoxy) is 1. The minimum Gasteiger partial charge on any atom is -0.462 e. The summed E-state index contributed by atoms with van der Waals surface area (Å²) in [5, 5.41) is 2.58. The smallest absolute Gasteiger partial charge is 0.318 e. The molecule has 1 saturated heterocycles. The Hall–Kier alpha value is -4.26. The summed E-state index contributed by atoms with van der Waals surface area (Å²) in [5.41, 5.74) is 5.94. The third-order valence-electron chi connectivity index (χ3n) is 8.69. The van der Waals surface area contributed by atoms with Crippen molar-refractivity contribution >= 4 is 28.3 Å². The van der Waals surface area contributed by atoms with Crippen LogP contribution in [0.5, 0.6) is 6.01 Å². The molecule has 43 heavy (non-hydrogen) atoms. The molecule has 8 heteroatoms. The first-order valence-electron chi connectivity index (χ1n) is 15.4. The maximum Gasteiger partial charge on any atom is 0.318 e. The van der Waals surface area contributed by atoms with Crippen molar-refractivity contribution in [3.8, 4) is 6.01 Å². The van der Waals surface area contributed by atoms with Gasteiger partial charge < -0.3 is 19.4 Å². The highest BCUT2D eigenvalue weighted by Crippen LogP contribution is 2.35. The molecule has 0 radical (unpaired) electrons. The Kier molecular flexibility index (Phi) is 8.96. The van der Waals surface area contributed by atoms with Crippen molar-refractivity contribution in [2.45, 2.75) is 45.3 Å². The van der Waals surface area contributed by atoms with Gasteiger partial charge in [0.05, 0.1) is 31.3 Å². The molecule has 0 amide bonds. The van der Waals surface area contributed by atoms with E-state index in [2.05, 4.69) is 100 Å². The summed E-state index contributed by atoms with van der Waals surface area (Å²) in [5.74, 6) is 0.935. The summed E-state index contributed by atoms with van der Waals surface area (Å²) in [6.07, 6.45) is 3.22. The average Bonchev–Trinajstić information content (AvgIpc) is 3.45. The van der Waals surface area contributed by atoms with Crippen LogP contribution in [0.4, 0.5) is 11.5 Å². The van der Waals surface area contributed by atoms with Gasteiger partial charge in [0.15, 0.2) is 0 Å². The Morgan fingerprint density at radius 1 is 1.00 bits per heavy atom. The number of aryl methyl sites for hydroxylation is 1. The van der Waals surface area contributed by atoms with E-state index in [-0.39, 0.29) is 0 Å². The molecule has 0 N–H and O–H groups in total. The van der Waals surface area contributed by atoms with E-state index in [0.29, 0.717) is 38.3 Å². The monoisotopic (exact) mass is 575 g/mol. The van der Waals surface area contributed by atoms with E-state index < -0.39 is 0 Å². The van der Waals surface area contributed by atoms with Crippen molar-refractivity contribution < 1.29 is 4.74 Å². The van der Waals surface area contributed by atoms with E-state index in [0.717, 1.165) is 49.6 Å². The predicted molar refractivity (Wildman–Crippen MR) is 175 cm³/mol. The van der Waals surface area contributed by atoms with Crippen LogP contribution in [0.15, 0.2) is 76.7 Å². The molecule has 1 unspecified atom stereocenters. The number of anilines is 2. The van der Waals surface area contributed by atoms with E-state index in [4.69, 9.17) is 14.7 Å². The van der Waals surface area contributed by atoms with Gasteiger partial charge in [-0.05, 0) is 62.4 Å².